The molecule has 0 aliphatic carbocycles. The normalized spacial score (nSPS) is 12.0. The van der Waals surface area contributed by atoms with E-state index in [2.05, 4.69) is 18.8 Å². The second kappa shape index (κ2) is 9.43. The molecule has 21 heavy (non-hydrogen) atoms. The quantitative estimate of drug-likeness (QED) is 0.544. The SMILES string of the molecule is CCCC(CCC)CCOc1ccc(/C(N)=N\C)c(C)c1. The Morgan fingerprint density at radius 3 is 2.38 bits per heavy atom. The van der Waals surface area contributed by atoms with Crippen LogP contribution in [0, 0.1) is 12.8 Å². The van der Waals surface area contributed by atoms with Crippen LogP contribution in [0.2, 0.25) is 0 Å². The maximum absolute atomic E-state index is 5.90. The van der Waals surface area contributed by atoms with Crippen LogP contribution in [0.3, 0.4) is 0 Å². The maximum Gasteiger partial charge on any atom is 0.125 e. The third-order valence-electron chi connectivity index (χ3n) is 3.90. The molecule has 0 saturated carbocycles. The zero-order valence-corrected chi connectivity index (χ0v) is 14.0. The Kier molecular flexibility index (Phi) is 7.88. The highest BCUT2D eigenvalue weighted by Crippen LogP contribution is 2.20. The van der Waals surface area contributed by atoms with E-state index in [1.165, 1.54) is 25.7 Å². The molecule has 118 valence electrons. The van der Waals surface area contributed by atoms with E-state index >= 15 is 0 Å². The zero-order valence-electron chi connectivity index (χ0n) is 14.0. The second-order valence-corrected chi connectivity index (χ2v) is 5.67. The van der Waals surface area contributed by atoms with E-state index in [9.17, 15) is 0 Å². The number of hydrogen-bond acceptors (Lipinski definition) is 2. The van der Waals surface area contributed by atoms with Gasteiger partial charge in [-0.05, 0) is 43.0 Å². The Hall–Kier alpha value is -1.51. The molecule has 1 aromatic rings. The Morgan fingerprint density at radius 2 is 1.86 bits per heavy atom. The Morgan fingerprint density at radius 1 is 1.19 bits per heavy atom. The summed E-state index contributed by atoms with van der Waals surface area (Å²) in [5.41, 5.74) is 7.95. The summed E-state index contributed by atoms with van der Waals surface area (Å²) in [6.07, 6.45) is 6.26. The number of hydrogen-bond donors (Lipinski definition) is 1. The third kappa shape index (κ3) is 5.78. The smallest absolute Gasteiger partial charge is 0.125 e. The van der Waals surface area contributed by atoms with Crippen molar-refractivity contribution in [3.8, 4) is 5.75 Å². The van der Waals surface area contributed by atoms with Gasteiger partial charge in [0.2, 0.25) is 0 Å². The average Bonchev–Trinajstić information content (AvgIpc) is 2.47. The van der Waals surface area contributed by atoms with Crippen molar-refractivity contribution in [3.63, 3.8) is 0 Å². The standard InChI is InChI=1S/C18H30N2O/c1-5-7-15(8-6-2)11-12-21-16-9-10-17(14(3)13-16)18(19)20-4/h9-10,13,15H,5-8,11-12H2,1-4H3,(H2,19,20). The predicted octanol–water partition coefficient (Wildman–Crippen LogP) is 4.32. The van der Waals surface area contributed by atoms with Crippen LogP contribution < -0.4 is 10.5 Å². The highest BCUT2D eigenvalue weighted by Gasteiger charge is 2.08. The van der Waals surface area contributed by atoms with Crippen LogP contribution in [0.5, 0.6) is 5.75 Å². The molecule has 2 N–H and O–H groups in total. The highest BCUT2D eigenvalue weighted by atomic mass is 16.5. The van der Waals surface area contributed by atoms with Crippen molar-refractivity contribution < 1.29 is 4.74 Å². The first-order valence-electron chi connectivity index (χ1n) is 8.08. The van der Waals surface area contributed by atoms with E-state index in [-0.39, 0.29) is 0 Å². The van der Waals surface area contributed by atoms with Crippen LogP contribution in [0.4, 0.5) is 0 Å². The van der Waals surface area contributed by atoms with Gasteiger partial charge in [-0.3, -0.25) is 4.99 Å². The lowest BCUT2D eigenvalue weighted by Crippen LogP contribution is -2.14. The second-order valence-electron chi connectivity index (χ2n) is 5.67. The number of aryl methyl sites for hydroxylation is 1. The van der Waals surface area contributed by atoms with Crippen molar-refractivity contribution in [1.29, 1.82) is 0 Å². The molecule has 3 nitrogen and oxygen atoms in total. The zero-order chi connectivity index (χ0) is 15.7. The van der Waals surface area contributed by atoms with E-state index < -0.39 is 0 Å². The summed E-state index contributed by atoms with van der Waals surface area (Å²) in [6.45, 7) is 7.34. The van der Waals surface area contributed by atoms with E-state index in [1.807, 2.05) is 25.1 Å². The third-order valence-corrected chi connectivity index (χ3v) is 3.90. The van der Waals surface area contributed by atoms with Gasteiger partial charge < -0.3 is 10.5 Å². The first-order chi connectivity index (χ1) is 10.1. The lowest BCUT2D eigenvalue weighted by Gasteiger charge is -2.16. The van der Waals surface area contributed by atoms with Crippen LogP contribution in [-0.2, 0) is 0 Å². The first-order valence-corrected chi connectivity index (χ1v) is 8.08. The van der Waals surface area contributed by atoms with Crippen molar-refractivity contribution in [3.05, 3.63) is 29.3 Å². The van der Waals surface area contributed by atoms with Crippen LogP contribution in [0.15, 0.2) is 23.2 Å². The summed E-state index contributed by atoms with van der Waals surface area (Å²) < 4.78 is 5.90. The number of amidine groups is 1. The first kappa shape index (κ1) is 17.5. The Balaban J connectivity index is 2.54. The van der Waals surface area contributed by atoms with Crippen LogP contribution >= 0.6 is 0 Å². The van der Waals surface area contributed by atoms with Crippen LogP contribution in [0.1, 0.15) is 57.1 Å². The fourth-order valence-corrected chi connectivity index (χ4v) is 2.73. The van der Waals surface area contributed by atoms with E-state index in [0.29, 0.717) is 5.84 Å². The molecule has 0 fully saturated rings. The van der Waals surface area contributed by atoms with E-state index in [0.717, 1.165) is 35.8 Å². The average molecular weight is 290 g/mol. The molecule has 1 aromatic carbocycles. The van der Waals surface area contributed by atoms with Gasteiger partial charge in [0.05, 0.1) is 6.61 Å². The molecular weight excluding hydrogens is 260 g/mol. The van der Waals surface area contributed by atoms with Gasteiger partial charge in [-0.25, -0.2) is 0 Å². The van der Waals surface area contributed by atoms with Gasteiger partial charge in [-0.1, -0.05) is 39.5 Å². The molecule has 0 aromatic heterocycles. The number of aliphatic imine (C=N–C) groups is 1. The number of rotatable bonds is 9. The molecule has 0 heterocycles. The molecule has 3 heteroatoms. The molecule has 0 amide bonds. The van der Waals surface area contributed by atoms with Gasteiger partial charge in [0.1, 0.15) is 11.6 Å². The fraction of sp³-hybridized carbons (Fsp3) is 0.611. The van der Waals surface area contributed by atoms with Gasteiger partial charge in [0.25, 0.3) is 0 Å². The number of nitrogens with zero attached hydrogens (tertiary/aromatic N) is 1. The molecule has 0 spiro atoms. The van der Waals surface area contributed by atoms with Crippen molar-refractivity contribution in [1.82, 2.24) is 0 Å². The summed E-state index contributed by atoms with van der Waals surface area (Å²) in [4.78, 5) is 4.03. The van der Waals surface area contributed by atoms with Crippen LogP contribution in [-0.4, -0.2) is 19.5 Å². The molecular formula is C18H30N2O. The van der Waals surface area contributed by atoms with Crippen molar-refractivity contribution >= 4 is 5.84 Å². The number of ether oxygens (including phenoxy) is 1. The Bertz CT molecular complexity index is 449. The van der Waals surface area contributed by atoms with Crippen LogP contribution in [0.25, 0.3) is 0 Å². The highest BCUT2D eigenvalue weighted by molar-refractivity contribution is 5.98. The minimum absolute atomic E-state index is 0.574. The topological polar surface area (TPSA) is 47.6 Å². The summed E-state index contributed by atoms with van der Waals surface area (Å²) >= 11 is 0. The molecule has 0 saturated heterocycles. The van der Waals surface area contributed by atoms with Gasteiger partial charge >= 0.3 is 0 Å². The lowest BCUT2D eigenvalue weighted by molar-refractivity contribution is 0.264. The van der Waals surface area contributed by atoms with Crippen molar-refractivity contribution in [2.24, 2.45) is 16.6 Å². The largest absolute Gasteiger partial charge is 0.494 e. The van der Waals surface area contributed by atoms with E-state index in [1.54, 1.807) is 7.05 Å². The van der Waals surface area contributed by atoms with Crippen molar-refractivity contribution in [2.75, 3.05) is 13.7 Å². The molecule has 0 aliphatic heterocycles. The van der Waals surface area contributed by atoms with Gasteiger partial charge in [-0.2, -0.15) is 0 Å². The van der Waals surface area contributed by atoms with Gasteiger partial charge in [-0.15, -0.1) is 0 Å². The summed E-state index contributed by atoms with van der Waals surface area (Å²) in [5, 5.41) is 0. The van der Waals surface area contributed by atoms with Gasteiger partial charge in [0, 0.05) is 12.6 Å². The predicted molar refractivity (Wildman–Crippen MR) is 91.2 cm³/mol. The van der Waals surface area contributed by atoms with Gasteiger partial charge in [0.15, 0.2) is 0 Å². The maximum atomic E-state index is 5.90. The molecule has 0 atom stereocenters. The summed E-state index contributed by atoms with van der Waals surface area (Å²) in [5.74, 6) is 2.29. The minimum Gasteiger partial charge on any atom is -0.494 e. The fourth-order valence-electron chi connectivity index (χ4n) is 2.73. The number of benzene rings is 1. The molecule has 0 aliphatic rings. The molecule has 1 rings (SSSR count). The van der Waals surface area contributed by atoms with E-state index in [4.69, 9.17) is 10.5 Å². The Labute approximate surface area is 129 Å². The minimum atomic E-state index is 0.574. The molecule has 0 bridgehead atoms. The monoisotopic (exact) mass is 290 g/mol. The molecule has 0 radical (unpaired) electrons. The lowest BCUT2D eigenvalue weighted by atomic mass is 9.95. The summed E-state index contributed by atoms with van der Waals surface area (Å²) in [6, 6.07) is 6.01. The summed E-state index contributed by atoms with van der Waals surface area (Å²) in [7, 11) is 1.71. The van der Waals surface area contributed by atoms with Crippen molar-refractivity contribution in [2.45, 2.75) is 52.9 Å². The number of nitrogens with two attached hydrogens (primary N) is 1. The molecule has 0 unspecified atom stereocenters.